The van der Waals surface area contributed by atoms with Crippen molar-refractivity contribution in [1.82, 2.24) is 0 Å². The number of unbranched alkanes of at least 4 members (excludes halogenated alkanes) is 7. The van der Waals surface area contributed by atoms with Crippen molar-refractivity contribution in [2.24, 2.45) is 5.73 Å². The van der Waals surface area contributed by atoms with Gasteiger partial charge in [0.15, 0.2) is 0 Å². The van der Waals surface area contributed by atoms with Gasteiger partial charge in [-0.2, -0.15) is 0 Å². The number of methoxy groups -OCH3 is 1. The van der Waals surface area contributed by atoms with Crippen LogP contribution in [-0.2, 0) is 0 Å². The molecule has 2 N–H and O–H groups in total. The Hall–Kier alpha value is -1.09. The zero-order valence-corrected chi connectivity index (χ0v) is 13.5. The van der Waals surface area contributed by atoms with E-state index in [1.54, 1.807) is 12.1 Å². The molecule has 2 nitrogen and oxygen atoms in total. The van der Waals surface area contributed by atoms with Gasteiger partial charge in [-0.05, 0) is 12.5 Å². The van der Waals surface area contributed by atoms with Gasteiger partial charge in [0.25, 0.3) is 0 Å². The highest BCUT2D eigenvalue weighted by atomic mass is 19.1. The number of hydrogen-bond donors (Lipinski definition) is 1. The molecule has 0 aliphatic heterocycles. The summed E-state index contributed by atoms with van der Waals surface area (Å²) >= 11 is 0. The summed E-state index contributed by atoms with van der Waals surface area (Å²) in [7, 11) is 1.54. The first kappa shape index (κ1) is 18.0. The molecule has 0 fully saturated rings. The predicted molar refractivity (Wildman–Crippen MR) is 87.1 cm³/mol. The van der Waals surface area contributed by atoms with Gasteiger partial charge in [-0.25, -0.2) is 4.39 Å². The summed E-state index contributed by atoms with van der Waals surface area (Å²) in [5, 5.41) is 0. The zero-order valence-electron chi connectivity index (χ0n) is 13.5. The van der Waals surface area contributed by atoms with Crippen molar-refractivity contribution in [2.45, 2.75) is 70.8 Å². The molecule has 21 heavy (non-hydrogen) atoms. The molecule has 3 heteroatoms. The molecule has 0 heterocycles. The minimum atomic E-state index is -0.263. The smallest absolute Gasteiger partial charge is 0.131 e. The van der Waals surface area contributed by atoms with Gasteiger partial charge >= 0.3 is 0 Å². The molecule has 0 aliphatic carbocycles. The average Bonchev–Trinajstić information content (AvgIpc) is 2.49. The summed E-state index contributed by atoms with van der Waals surface area (Å²) in [6.45, 7) is 2.24. The maximum atomic E-state index is 13.9. The van der Waals surface area contributed by atoms with Crippen molar-refractivity contribution in [2.75, 3.05) is 7.11 Å². The lowest BCUT2D eigenvalue weighted by molar-refractivity contribution is 0.409. The van der Waals surface area contributed by atoms with Crippen LogP contribution in [-0.4, -0.2) is 7.11 Å². The topological polar surface area (TPSA) is 35.2 Å². The largest absolute Gasteiger partial charge is 0.497 e. The molecule has 0 saturated heterocycles. The molecule has 0 aromatic heterocycles. The Morgan fingerprint density at radius 2 is 1.67 bits per heavy atom. The van der Waals surface area contributed by atoms with E-state index in [1.807, 2.05) is 0 Å². The van der Waals surface area contributed by atoms with Gasteiger partial charge in [0, 0.05) is 17.7 Å². The van der Waals surface area contributed by atoms with Gasteiger partial charge in [-0.1, -0.05) is 64.4 Å². The second-order valence-corrected chi connectivity index (χ2v) is 5.76. The van der Waals surface area contributed by atoms with Crippen LogP contribution in [0.3, 0.4) is 0 Å². The molecule has 1 aromatic carbocycles. The maximum Gasteiger partial charge on any atom is 0.131 e. The molecule has 0 bridgehead atoms. The highest BCUT2D eigenvalue weighted by Crippen LogP contribution is 2.24. The molecule has 1 unspecified atom stereocenters. The van der Waals surface area contributed by atoms with Crippen LogP contribution >= 0.6 is 0 Å². The van der Waals surface area contributed by atoms with E-state index in [1.165, 1.54) is 58.1 Å². The number of hydrogen-bond acceptors (Lipinski definition) is 2. The van der Waals surface area contributed by atoms with Crippen LogP contribution in [0.4, 0.5) is 4.39 Å². The van der Waals surface area contributed by atoms with E-state index >= 15 is 0 Å². The fourth-order valence-corrected chi connectivity index (χ4v) is 2.59. The Morgan fingerprint density at radius 3 is 2.24 bits per heavy atom. The molecular weight excluding hydrogens is 265 g/mol. The van der Waals surface area contributed by atoms with Crippen molar-refractivity contribution in [3.63, 3.8) is 0 Å². The molecule has 1 rings (SSSR count). The van der Waals surface area contributed by atoms with Gasteiger partial charge in [0.1, 0.15) is 11.6 Å². The third kappa shape index (κ3) is 6.94. The summed E-state index contributed by atoms with van der Waals surface area (Å²) in [6.07, 6.45) is 11.0. The monoisotopic (exact) mass is 295 g/mol. The minimum Gasteiger partial charge on any atom is -0.497 e. The first-order chi connectivity index (χ1) is 10.2. The quantitative estimate of drug-likeness (QED) is 0.557. The molecule has 0 spiro atoms. The summed E-state index contributed by atoms with van der Waals surface area (Å²) in [5.74, 6) is 0.275. The van der Waals surface area contributed by atoms with Crippen LogP contribution in [0.1, 0.15) is 76.3 Å². The van der Waals surface area contributed by atoms with Crippen molar-refractivity contribution < 1.29 is 9.13 Å². The Kier molecular flexibility index (Phi) is 9.07. The molecular formula is C18H30FNO. The van der Waals surface area contributed by atoms with Gasteiger partial charge in [0.05, 0.1) is 7.11 Å². The van der Waals surface area contributed by atoms with Gasteiger partial charge in [0.2, 0.25) is 0 Å². The first-order valence-electron chi connectivity index (χ1n) is 8.28. The highest BCUT2D eigenvalue weighted by Gasteiger charge is 2.11. The average molecular weight is 295 g/mol. The fourth-order valence-electron chi connectivity index (χ4n) is 2.59. The minimum absolute atomic E-state index is 0.212. The second-order valence-electron chi connectivity index (χ2n) is 5.76. The van der Waals surface area contributed by atoms with Gasteiger partial charge in [-0.15, -0.1) is 0 Å². The fraction of sp³-hybridized carbons (Fsp3) is 0.667. The van der Waals surface area contributed by atoms with Crippen LogP contribution < -0.4 is 10.5 Å². The molecule has 0 amide bonds. The molecule has 1 aromatic rings. The van der Waals surface area contributed by atoms with E-state index in [9.17, 15) is 4.39 Å². The van der Waals surface area contributed by atoms with Crippen LogP contribution in [0.15, 0.2) is 18.2 Å². The summed E-state index contributed by atoms with van der Waals surface area (Å²) in [4.78, 5) is 0. The lowest BCUT2D eigenvalue weighted by atomic mass is 9.99. The van der Waals surface area contributed by atoms with Crippen molar-refractivity contribution in [3.05, 3.63) is 29.6 Å². The third-order valence-corrected chi connectivity index (χ3v) is 3.98. The van der Waals surface area contributed by atoms with Crippen LogP contribution in [0.2, 0.25) is 0 Å². The highest BCUT2D eigenvalue weighted by molar-refractivity contribution is 5.30. The number of nitrogens with two attached hydrogens (primary N) is 1. The zero-order chi connectivity index (χ0) is 15.5. The molecule has 0 saturated carbocycles. The summed E-state index contributed by atoms with van der Waals surface area (Å²) in [6, 6.07) is 4.70. The van der Waals surface area contributed by atoms with E-state index in [0.29, 0.717) is 11.3 Å². The predicted octanol–water partition coefficient (Wildman–Crippen LogP) is 5.36. The Balaban J connectivity index is 2.20. The first-order valence-corrected chi connectivity index (χ1v) is 8.28. The van der Waals surface area contributed by atoms with Crippen molar-refractivity contribution >= 4 is 0 Å². The molecule has 120 valence electrons. The second kappa shape index (κ2) is 10.6. The standard InChI is InChI=1S/C18H30FNO/c1-3-4-5-6-7-8-9-10-11-18(20)16-13-12-15(21-2)14-17(16)19/h12-14,18H,3-11,20H2,1-2H3. The number of halogens is 1. The summed E-state index contributed by atoms with van der Waals surface area (Å²) in [5.41, 5.74) is 6.68. The van der Waals surface area contributed by atoms with E-state index in [-0.39, 0.29) is 11.9 Å². The van der Waals surface area contributed by atoms with E-state index in [2.05, 4.69) is 6.92 Å². The summed E-state index contributed by atoms with van der Waals surface area (Å²) < 4.78 is 18.9. The number of benzene rings is 1. The maximum absolute atomic E-state index is 13.9. The van der Waals surface area contributed by atoms with Crippen molar-refractivity contribution in [1.29, 1.82) is 0 Å². The van der Waals surface area contributed by atoms with Crippen LogP contribution in [0, 0.1) is 5.82 Å². The van der Waals surface area contributed by atoms with E-state index in [0.717, 1.165) is 12.8 Å². The van der Waals surface area contributed by atoms with E-state index < -0.39 is 0 Å². The normalized spacial score (nSPS) is 12.4. The van der Waals surface area contributed by atoms with Crippen molar-refractivity contribution in [3.8, 4) is 5.75 Å². The molecule has 0 aliphatic rings. The Morgan fingerprint density at radius 1 is 1.05 bits per heavy atom. The number of ether oxygens (including phenoxy) is 1. The lowest BCUT2D eigenvalue weighted by Crippen LogP contribution is -2.12. The van der Waals surface area contributed by atoms with Crippen LogP contribution in [0.25, 0.3) is 0 Å². The lowest BCUT2D eigenvalue weighted by Gasteiger charge is -2.13. The molecule has 1 atom stereocenters. The van der Waals surface area contributed by atoms with Gasteiger partial charge in [-0.3, -0.25) is 0 Å². The van der Waals surface area contributed by atoms with Crippen LogP contribution in [0.5, 0.6) is 5.75 Å². The SMILES string of the molecule is CCCCCCCCCCC(N)c1ccc(OC)cc1F. The molecule has 0 radical (unpaired) electrons. The third-order valence-electron chi connectivity index (χ3n) is 3.98. The van der Waals surface area contributed by atoms with Gasteiger partial charge < -0.3 is 10.5 Å². The Bertz CT molecular complexity index is 395. The Labute approximate surface area is 128 Å². The van der Waals surface area contributed by atoms with E-state index in [4.69, 9.17) is 10.5 Å². The number of rotatable bonds is 11.